The van der Waals surface area contributed by atoms with Gasteiger partial charge >= 0.3 is 0 Å². The van der Waals surface area contributed by atoms with Crippen molar-refractivity contribution in [3.05, 3.63) is 34.9 Å². The Bertz CT molecular complexity index is 698. The van der Waals surface area contributed by atoms with Crippen molar-refractivity contribution < 1.29 is 13.2 Å². The van der Waals surface area contributed by atoms with Crippen LogP contribution in [0.3, 0.4) is 0 Å². The molecule has 1 fully saturated rings. The molecule has 0 aromatic heterocycles. The highest BCUT2D eigenvalue weighted by Gasteiger charge is 2.23. The summed E-state index contributed by atoms with van der Waals surface area (Å²) in [5.74, 6) is 0.634. The lowest BCUT2D eigenvalue weighted by molar-refractivity contribution is 0.0730. The van der Waals surface area contributed by atoms with Crippen LogP contribution in [0.25, 0.3) is 0 Å². The van der Waals surface area contributed by atoms with Gasteiger partial charge in [0.05, 0.1) is 19.0 Å². The first-order chi connectivity index (χ1) is 11.9. The van der Waals surface area contributed by atoms with Gasteiger partial charge in [-0.05, 0) is 25.0 Å². The topological polar surface area (TPSA) is 83.0 Å². The Hall–Kier alpha value is -1.64. The summed E-state index contributed by atoms with van der Waals surface area (Å²) >= 11 is 0. The highest BCUT2D eigenvalue weighted by Crippen LogP contribution is 2.10. The SMILES string of the molecule is CN=C(NCCS(=O)(=O)N1CCOCC1)NCc1ccc(C)cc1C. The predicted molar refractivity (Wildman–Crippen MR) is 100 cm³/mol. The van der Waals surface area contributed by atoms with Crippen LogP contribution in [-0.4, -0.2) is 64.3 Å². The Labute approximate surface area is 150 Å². The molecule has 2 N–H and O–H groups in total. The van der Waals surface area contributed by atoms with Crippen LogP contribution >= 0.6 is 0 Å². The Morgan fingerprint density at radius 2 is 1.96 bits per heavy atom. The summed E-state index contributed by atoms with van der Waals surface area (Å²) in [7, 11) is -1.58. The van der Waals surface area contributed by atoms with Crippen LogP contribution in [0.1, 0.15) is 16.7 Å². The molecule has 25 heavy (non-hydrogen) atoms. The molecule has 1 saturated heterocycles. The number of nitrogens with zero attached hydrogens (tertiary/aromatic N) is 2. The Kier molecular flexibility index (Phi) is 7.22. The molecule has 1 aromatic carbocycles. The smallest absolute Gasteiger partial charge is 0.215 e. The van der Waals surface area contributed by atoms with Crippen LogP contribution in [-0.2, 0) is 21.3 Å². The zero-order valence-corrected chi connectivity index (χ0v) is 16.0. The third-order valence-corrected chi connectivity index (χ3v) is 6.06. The van der Waals surface area contributed by atoms with E-state index in [1.165, 1.54) is 21.0 Å². The van der Waals surface area contributed by atoms with Crippen molar-refractivity contribution in [1.29, 1.82) is 0 Å². The summed E-state index contributed by atoms with van der Waals surface area (Å²) in [6, 6.07) is 6.31. The van der Waals surface area contributed by atoms with Gasteiger partial charge in [0.25, 0.3) is 0 Å². The first-order valence-electron chi connectivity index (χ1n) is 8.48. The number of nitrogens with one attached hydrogen (secondary N) is 2. The van der Waals surface area contributed by atoms with Gasteiger partial charge in [0.2, 0.25) is 10.0 Å². The second kappa shape index (κ2) is 9.17. The molecule has 0 spiro atoms. The lowest BCUT2D eigenvalue weighted by Crippen LogP contribution is -2.45. The number of guanidine groups is 1. The maximum Gasteiger partial charge on any atom is 0.215 e. The average Bonchev–Trinajstić information content (AvgIpc) is 2.60. The maximum atomic E-state index is 12.3. The van der Waals surface area contributed by atoms with Gasteiger partial charge in [-0.1, -0.05) is 23.8 Å². The van der Waals surface area contributed by atoms with Crippen LogP contribution < -0.4 is 10.6 Å². The van der Waals surface area contributed by atoms with Gasteiger partial charge in [0.1, 0.15) is 0 Å². The predicted octanol–water partition coefficient (Wildman–Crippen LogP) is 0.630. The molecule has 1 heterocycles. The van der Waals surface area contributed by atoms with Gasteiger partial charge in [-0.3, -0.25) is 4.99 Å². The van der Waals surface area contributed by atoms with Crippen molar-refractivity contribution in [2.75, 3.05) is 45.6 Å². The second-order valence-electron chi connectivity index (χ2n) is 6.11. The molecular formula is C17H28N4O3S. The Morgan fingerprint density at radius 3 is 2.60 bits per heavy atom. The average molecular weight is 369 g/mol. The summed E-state index contributed by atoms with van der Waals surface area (Å²) in [5.41, 5.74) is 3.64. The standard InChI is InChI=1S/C17H28N4O3S/c1-14-4-5-16(15(2)12-14)13-20-17(18-3)19-6-11-25(22,23)21-7-9-24-10-8-21/h4-5,12H,6-11,13H2,1-3H3,(H2,18,19,20). The fraction of sp³-hybridized carbons (Fsp3) is 0.588. The minimum Gasteiger partial charge on any atom is -0.379 e. The molecule has 0 atom stereocenters. The summed E-state index contributed by atoms with van der Waals surface area (Å²) in [6.45, 7) is 6.89. The van der Waals surface area contributed by atoms with Gasteiger partial charge in [0.15, 0.2) is 5.96 Å². The molecule has 0 aliphatic carbocycles. The summed E-state index contributed by atoms with van der Waals surface area (Å²) < 4.78 is 31.2. The summed E-state index contributed by atoms with van der Waals surface area (Å²) in [6.07, 6.45) is 0. The van der Waals surface area contributed by atoms with E-state index in [1.54, 1.807) is 7.05 Å². The highest BCUT2D eigenvalue weighted by molar-refractivity contribution is 7.89. The van der Waals surface area contributed by atoms with E-state index in [-0.39, 0.29) is 5.75 Å². The van der Waals surface area contributed by atoms with Crippen LogP contribution in [0.5, 0.6) is 0 Å². The Balaban J connectivity index is 1.80. The van der Waals surface area contributed by atoms with Crippen molar-refractivity contribution in [2.45, 2.75) is 20.4 Å². The normalized spacial score (nSPS) is 16.7. The van der Waals surface area contributed by atoms with Crippen molar-refractivity contribution in [1.82, 2.24) is 14.9 Å². The highest BCUT2D eigenvalue weighted by atomic mass is 32.2. The number of hydrogen-bond donors (Lipinski definition) is 2. The van der Waals surface area contributed by atoms with Gasteiger partial charge in [-0.25, -0.2) is 8.42 Å². The molecule has 0 saturated carbocycles. The molecular weight excluding hydrogens is 340 g/mol. The van der Waals surface area contributed by atoms with Gasteiger partial charge < -0.3 is 15.4 Å². The van der Waals surface area contributed by atoms with Crippen LogP contribution in [0, 0.1) is 13.8 Å². The van der Waals surface area contributed by atoms with E-state index in [0.29, 0.717) is 45.4 Å². The lowest BCUT2D eigenvalue weighted by Gasteiger charge is -2.26. The number of rotatable bonds is 6. The molecule has 0 radical (unpaired) electrons. The van der Waals surface area contributed by atoms with Crippen molar-refractivity contribution in [3.63, 3.8) is 0 Å². The van der Waals surface area contributed by atoms with E-state index in [0.717, 1.165) is 0 Å². The monoisotopic (exact) mass is 368 g/mol. The van der Waals surface area contributed by atoms with Crippen molar-refractivity contribution in [3.8, 4) is 0 Å². The quantitative estimate of drug-likeness (QED) is 0.568. The number of hydrogen-bond acceptors (Lipinski definition) is 4. The molecule has 0 amide bonds. The number of morpholine rings is 1. The van der Waals surface area contributed by atoms with Crippen LogP contribution in [0.15, 0.2) is 23.2 Å². The molecule has 0 bridgehead atoms. The molecule has 1 aliphatic heterocycles. The molecule has 7 nitrogen and oxygen atoms in total. The van der Waals surface area contributed by atoms with Crippen LogP contribution in [0.2, 0.25) is 0 Å². The molecule has 0 unspecified atom stereocenters. The third kappa shape index (κ3) is 5.98. The number of benzene rings is 1. The number of ether oxygens (including phenoxy) is 1. The molecule has 1 aromatic rings. The van der Waals surface area contributed by atoms with Gasteiger partial charge in [0, 0.05) is 33.2 Å². The fourth-order valence-electron chi connectivity index (χ4n) is 2.70. The summed E-state index contributed by atoms with van der Waals surface area (Å²) in [5, 5.41) is 6.29. The number of aliphatic imine (C=N–C) groups is 1. The second-order valence-corrected chi connectivity index (χ2v) is 8.20. The maximum absolute atomic E-state index is 12.3. The van der Waals surface area contributed by atoms with Crippen molar-refractivity contribution >= 4 is 16.0 Å². The minimum absolute atomic E-state index is 0.0389. The first-order valence-corrected chi connectivity index (χ1v) is 10.1. The van der Waals surface area contributed by atoms with E-state index in [9.17, 15) is 8.42 Å². The van der Waals surface area contributed by atoms with Crippen molar-refractivity contribution in [2.24, 2.45) is 4.99 Å². The molecule has 8 heteroatoms. The third-order valence-electron chi connectivity index (χ3n) is 4.18. The number of aryl methyl sites for hydroxylation is 2. The zero-order chi connectivity index (χ0) is 18.3. The van der Waals surface area contributed by atoms with Gasteiger partial charge in [-0.2, -0.15) is 4.31 Å². The summed E-state index contributed by atoms with van der Waals surface area (Å²) in [4.78, 5) is 4.15. The zero-order valence-electron chi connectivity index (χ0n) is 15.2. The minimum atomic E-state index is -3.26. The van der Waals surface area contributed by atoms with Gasteiger partial charge in [-0.15, -0.1) is 0 Å². The Morgan fingerprint density at radius 1 is 1.24 bits per heavy atom. The fourth-order valence-corrected chi connectivity index (χ4v) is 4.02. The van der Waals surface area contributed by atoms with E-state index in [2.05, 4.69) is 47.7 Å². The largest absolute Gasteiger partial charge is 0.379 e. The molecule has 140 valence electrons. The van der Waals surface area contributed by atoms with E-state index >= 15 is 0 Å². The molecule has 1 aliphatic rings. The first kappa shape index (κ1) is 19.7. The van der Waals surface area contributed by atoms with E-state index in [4.69, 9.17) is 4.74 Å². The van der Waals surface area contributed by atoms with E-state index in [1.807, 2.05) is 0 Å². The number of sulfonamides is 1. The molecule has 2 rings (SSSR count). The lowest BCUT2D eigenvalue weighted by atomic mass is 10.1. The van der Waals surface area contributed by atoms with E-state index < -0.39 is 10.0 Å². The van der Waals surface area contributed by atoms with Crippen LogP contribution in [0.4, 0.5) is 0 Å².